The molecule has 0 aliphatic carbocycles. The van der Waals surface area contributed by atoms with Gasteiger partial charge >= 0.3 is 0 Å². The Hall–Kier alpha value is -0.280. The van der Waals surface area contributed by atoms with Gasteiger partial charge < -0.3 is 4.90 Å². The first-order valence-corrected chi connectivity index (χ1v) is 4.51. The van der Waals surface area contributed by atoms with Crippen molar-refractivity contribution < 1.29 is 4.39 Å². The molecule has 0 bridgehead atoms. The summed E-state index contributed by atoms with van der Waals surface area (Å²) in [7, 11) is 3.74. The van der Waals surface area contributed by atoms with Gasteiger partial charge in [0.2, 0.25) is 0 Å². The number of nitrogens with zero attached hydrogens (tertiary/aromatic N) is 1. The van der Waals surface area contributed by atoms with Crippen LogP contribution in [0, 0.1) is 5.82 Å². The van der Waals surface area contributed by atoms with Crippen LogP contribution >= 0.6 is 27.5 Å². The van der Waals surface area contributed by atoms with Gasteiger partial charge in [0.25, 0.3) is 0 Å². The summed E-state index contributed by atoms with van der Waals surface area (Å²) in [5, 5.41) is 0.141. The smallest absolute Gasteiger partial charge is 0.143 e. The molecule has 1 aromatic carbocycles. The summed E-state index contributed by atoms with van der Waals surface area (Å²) in [4.78, 5) is 1.86. The Morgan fingerprint density at radius 2 is 2.00 bits per heavy atom. The van der Waals surface area contributed by atoms with Gasteiger partial charge in [-0.25, -0.2) is 4.39 Å². The van der Waals surface area contributed by atoms with E-state index < -0.39 is 5.82 Å². The zero-order valence-electron chi connectivity index (χ0n) is 6.74. The first-order valence-electron chi connectivity index (χ1n) is 3.34. The van der Waals surface area contributed by atoms with Crippen LogP contribution < -0.4 is 4.90 Å². The first kappa shape index (κ1) is 9.81. The molecule has 0 spiro atoms. The van der Waals surface area contributed by atoms with Crippen molar-refractivity contribution in [2.45, 2.75) is 0 Å². The van der Waals surface area contributed by atoms with Crippen LogP contribution in [0.3, 0.4) is 0 Å². The summed E-state index contributed by atoms with van der Waals surface area (Å²) >= 11 is 8.85. The maximum absolute atomic E-state index is 12.8. The van der Waals surface area contributed by atoms with Crippen molar-refractivity contribution >= 4 is 33.2 Å². The quantitative estimate of drug-likeness (QED) is 0.693. The van der Waals surface area contributed by atoms with Crippen LogP contribution in [0.25, 0.3) is 0 Å². The lowest BCUT2D eigenvalue weighted by molar-refractivity contribution is 0.627. The number of rotatable bonds is 1. The molecule has 0 fully saturated rings. The van der Waals surface area contributed by atoms with Crippen LogP contribution in [0.2, 0.25) is 5.02 Å². The van der Waals surface area contributed by atoms with Crippen molar-refractivity contribution in [3.63, 3.8) is 0 Å². The molecule has 0 aliphatic rings. The number of hydrogen-bond donors (Lipinski definition) is 0. The van der Waals surface area contributed by atoms with Gasteiger partial charge in [-0.05, 0) is 28.1 Å². The summed E-state index contributed by atoms with van der Waals surface area (Å²) in [5.41, 5.74) is 0.862. The van der Waals surface area contributed by atoms with Crippen molar-refractivity contribution in [3.05, 3.63) is 27.4 Å². The molecule has 1 rings (SSSR count). The largest absolute Gasteiger partial charge is 0.377 e. The lowest BCUT2D eigenvalue weighted by Crippen LogP contribution is -2.09. The third kappa shape index (κ3) is 1.90. The maximum Gasteiger partial charge on any atom is 0.143 e. The fraction of sp³-hybridized carbons (Fsp3) is 0.250. The minimum absolute atomic E-state index is 0.141. The van der Waals surface area contributed by atoms with Crippen LogP contribution in [0.15, 0.2) is 16.6 Å². The van der Waals surface area contributed by atoms with E-state index in [1.54, 1.807) is 6.07 Å². The predicted molar refractivity (Wildman–Crippen MR) is 53.4 cm³/mol. The first-order chi connectivity index (χ1) is 5.52. The highest BCUT2D eigenvalue weighted by Crippen LogP contribution is 2.30. The van der Waals surface area contributed by atoms with Crippen molar-refractivity contribution in [3.8, 4) is 0 Å². The van der Waals surface area contributed by atoms with E-state index in [0.29, 0.717) is 4.47 Å². The maximum atomic E-state index is 12.8. The molecule has 1 nitrogen and oxygen atoms in total. The minimum atomic E-state index is -0.408. The molecule has 0 radical (unpaired) electrons. The summed E-state index contributed by atoms with van der Waals surface area (Å²) < 4.78 is 13.5. The average Bonchev–Trinajstić information content (AvgIpc) is 1.96. The van der Waals surface area contributed by atoms with E-state index >= 15 is 0 Å². The Morgan fingerprint density at radius 1 is 1.42 bits per heavy atom. The van der Waals surface area contributed by atoms with Gasteiger partial charge in [-0.2, -0.15) is 0 Å². The Labute approximate surface area is 84.3 Å². The van der Waals surface area contributed by atoms with E-state index in [9.17, 15) is 4.39 Å². The van der Waals surface area contributed by atoms with E-state index in [0.717, 1.165) is 5.69 Å². The second kappa shape index (κ2) is 3.62. The van der Waals surface area contributed by atoms with Gasteiger partial charge in [0.1, 0.15) is 5.82 Å². The molecular weight excluding hydrogens is 244 g/mol. The SMILES string of the molecule is CN(C)c1cc(Cl)c(F)cc1Br. The van der Waals surface area contributed by atoms with Gasteiger partial charge in [-0.3, -0.25) is 0 Å². The van der Waals surface area contributed by atoms with Crippen LogP contribution in [-0.4, -0.2) is 14.1 Å². The van der Waals surface area contributed by atoms with Crippen LogP contribution in [0.1, 0.15) is 0 Å². The Morgan fingerprint density at radius 3 is 2.50 bits per heavy atom. The van der Waals surface area contributed by atoms with E-state index in [4.69, 9.17) is 11.6 Å². The zero-order valence-corrected chi connectivity index (χ0v) is 9.08. The number of hydrogen-bond acceptors (Lipinski definition) is 1. The molecule has 0 aliphatic heterocycles. The molecule has 0 unspecified atom stereocenters. The van der Waals surface area contributed by atoms with E-state index in [2.05, 4.69) is 15.9 Å². The normalized spacial score (nSPS) is 10.1. The summed E-state index contributed by atoms with van der Waals surface area (Å²) in [6.07, 6.45) is 0. The molecular formula is C8H8BrClFN. The average molecular weight is 253 g/mol. The molecule has 4 heteroatoms. The topological polar surface area (TPSA) is 3.24 Å². The lowest BCUT2D eigenvalue weighted by Gasteiger charge is -2.14. The lowest BCUT2D eigenvalue weighted by atomic mass is 10.3. The molecule has 0 aromatic heterocycles. The van der Waals surface area contributed by atoms with Crippen LogP contribution in [0.5, 0.6) is 0 Å². The summed E-state index contributed by atoms with van der Waals surface area (Å²) in [6.45, 7) is 0. The molecule has 12 heavy (non-hydrogen) atoms. The van der Waals surface area contributed by atoms with Crippen molar-refractivity contribution in [2.75, 3.05) is 19.0 Å². The van der Waals surface area contributed by atoms with Gasteiger partial charge in [-0.1, -0.05) is 11.6 Å². The summed E-state index contributed by atoms with van der Waals surface area (Å²) in [6, 6.07) is 2.94. The monoisotopic (exact) mass is 251 g/mol. The van der Waals surface area contributed by atoms with Crippen molar-refractivity contribution in [1.29, 1.82) is 0 Å². The van der Waals surface area contributed by atoms with Crippen LogP contribution in [0.4, 0.5) is 10.1 Å². The predicted octanol–water partition coefficient (Wildman–Crippen LogP) is 3.31. The Kier molecular flexibility index (Phi) is 2.96. The fourth-order valence-corrected chi connectivity index (χ4v) is 1.68. The number of halogens is 3. The fourth-order valence-electron chi connectivity index (χ4n) is 0.855. The van der Waals surface area contributed by atoms with Gasteiger partial charge in [-0.15, -0.1) is 0 Å². The Bertz CT molecular complexity index is 301. The summed E-state index contributed by atoms with van der Waals surface area (Å²) in [5.74, 6) is -0.408. The number of benzene rings is 1. The van der Waals surface area contributed by atoms with Crippen LogP contribution in [-0.2, 0) is 0 Å². The zero-order chi connectivity index (χ0) is 9.30. The third-order valence-corrected chi connectivity index (χ3v) is 2.40. The molecule has 1 aromatic rings. The second-order valence-electron chi connectivity index (χ2n) is 2.61. The molecule has 0 N–H and O–H groups in total. The molecule has 0 saturated heterocycles. The highest BCUT2D eigenvalue weighted by atomic mass is 79.9. The minimum Gasteiger partial charge on any atom is -0.377 e. The van der Waals surface area contributed by atoms with E-state index in [1.165, 1.54) is 6.07 Å². The van der Waals surface area contributed by atoms with E-state index in [1.807, 2.05) is 19.0 Å². The van der Waals surface area contributed by atoms with Crippen molar-refractivity contribution in [1.82, 2.24) is 0 Å². The third-order valence-electron chi connectivity index (χ3n) is 1.47. The standard InChI is InChI=1S/C8H8BrClFN/c1-12(2)8-4-6(10)7(11)3-5(8)9/h3-4H,1-2H3. The van der Waals surface area contributed by atoms with E-state index in [-0.39, 0.29) is 5.02 Å². The second-order valence-corrected chi connectivity index (χ2v) is 3.87. The highest BCUT2D eigenvalue weighted by Gasteiger charge is 2.07. The number of anilines is 1. The van der Waals surface area contributed by atoms with Gasteiger partial charge in [0, 0.05) is 18.6 Å². The van der Waals surface area contributed by atoms with Crippen molar-refractivity contribution in [2.24, 2.45) is 0 Å². The molecule has 66 valence electrons. The molecule has 0 atom stereocenters. The van der Waals surface area contributed by atoms with Gasteiger partial charge in [0.05, 0.1) is 10.7 Å². The Balaban J connectivity index is 3.23. The molecule has 0 saturated carbocycles. The molecule has 0 amide bonds. The highest BCUT2D eigenvalue weighted by molar-refractivity contribution is 9.10. The molecule has 0 heterocycles. The van der Waals surface area contributed by atoms with Gasteiger partial charge in [0.15, 0.2) is 0 Å².